The van der Waals surface area contributed by atoms with Crippen LogP contribution in [0.4, 0.5) is 11.4 Å². The molecule has 0 aliphatic rings. The highest BCUT2D eigenvalue weighted by molar-refractivity contribution is 7.89. The van der Waals surface area contributed by atoms with Gasteiger partial charge in [-0.15, -0.1) is 0 Å². The van der Waals surface area contributed by atoms with Gasteiger partial charge in [0.05, 0.1) is 5.69 Å². The van der Waals surface area contributed by atoms with Crippen LogP contribution < -0.4 is 15.4 Å². The maximum Gasteiger partial charge on any atom is 0.242 e. The van der Waals surface area contributed by atoms with Crippen LogP contribution in [-0.2, 0) is 10.0 Å². The van der Waals surface area contributed by atoms with E-state index in [0.29, 0.717) is 0 Å². The number of hydrogen-bond donors (Lipinski definition) is 2. The summed E-state index contributed by atoms with van der Waals surface area (Å²) in [5.41, 5.74) is 6.98. The van der Waals surface area contributed by atoms with Crippen LogP contribution in [0.3, 0.4) is 0 Å². The minimum atomic E-state index is -3.48. The Balaban J connectivity index is 3.19. The summed E-state index contributed by atoms with van der Waals surface area (Å²) in [5, 5.41) is 0. The van der Waals surface area contributed by atoms with Crippen LogP contribution in [0.1, 0.15) is 13.8 Å². The van der Waals surface area contributed by atoms with Crippen LogP contribution in [0.15, 0.2) is 23.1 Å². The summed E-state index contributed by atoms with van der Waals surface area (Å²) >= 11 is 0. The maximum atomic E-state index is 11.6. The van der Waals surface area contributed by atoms with Crippen molar-refractivity contribution >= 4 is 21.4 Å². The van der Waals surface area contributed by atoms with Crippen LogP contribution in [-0.4, -0.2) is 28.6 Å². The van der Waals surface area contributed by atoms with E-state index >= 15 is 0 Å². The lowest BCUT2D eigenvalue weighted by Gasteiger charge is -2.21. The van der Waals surface area contributed by atoms with E-state index in [4.69, 9.17) is 5.73 Å². The highest BCUT2D eigenvalue weighted by Gasteiger charge is 2.16. The minimum absolute atomic E-state index is 0.121. The molecule has 0 heterocycles. The lowest BCUT2D eigenvalue weighted by atomic mass is 10.2. The van der Waals surface area contributed by atoms with Gasteiger partial charge in [0.25, 0.3) is 0 Å². The minimum Gasteiger partial charge on any atom is -0.398 e. The Morgan fingerprint density at radius 3 is 2.29 bits per heavy atom. The SMILES string of the molecule is CCN(CC)c1ccc(S(=O)(=O)NC)c(N)c1. The molecule has 0 aliphatic heterocycles. The van der Waals surface area contributed by atoms with E-state index in [9.17, 15) is 8.42 Å². The molecule has 0 bridgehead atoms. The Hall–Kier alpha value is -1.27. The van der Waals surface area contributed by atoms with Gasteiger partial charge in [0, 0.05) is 18.8 Å². The van der Waals surface area contributed by atoms with Crippen LogP contribution in [0.25, 0.3) is 0 Å². The van der Waals surface area contributed by atoms with E-state index in [1.54, 1.807) is 12.1 Å². The highest BCUT2D eigenvalue weighted by atomic mass is 32.2. The Labute approximate surface area is 103 Å². The first-order valence-electron chi connectivity index (χ1n) is 5.54. The van der Waals surface area contributed by atoms with Crippen LogP contribution in [0.2, 0.25) is 0 Å². The molecule has 1 aromatic carbocycles. The third-order valence-electron chi connectivity index (χ3n) is 2.68. The normalized spacial score (nSPS) is 11.5. The molecular weight excluding hydrogens is 238 g/mol. The second-order valence-corrected chi connectivity index (χ2v) is 5.46. The van der Waals surface area contributed by atoms with Gasteiger partial charge >= 0.3 is 0 Å². The Bertz CT molecular complexity index is 481. The zero-order chi connectivity index (χ0) is 13.1. The van der Waals surface area contributed by atoms with Crippen molar-refractivity contribution in [3.63, 3.8) is 0 Å². The van der Waals surface area contributed by atoms with Gasteiger partial charge in [0.15, 0.2) is 0 Å². The zero-order valence-electron chi connectivity index (χ0n) is 10.4. The third-order valence-corrected chi connectivity index (χ3v) is 4.17. The number of benzene rings is 1. The quantitative estimate of drug-likeness (QED) is 0.772. The second kappa shape index (κ2) is 5.37. The predicted molar refractivity (Wildman–Crippen MR) is 70.7 cm³/mol. The number of nitrogen functional groups attached to an aromatic ring is 1. The Morgan fingerprint density at radius 2 is 1.88 bits per heavy atom. The van der Waals surface area contributed by atoms with E-state index in [-0.39, 0.29) is 10.6 Å². The van der Waals surface area contributed by atoms with Gasteiger partial charge in [0.1, 0.15) is 4.90 Å². The Morgan fingerprint density at radius 1 is 1.29 bits per heavy atom. The fourth-order valence-corrected chi connectivity index (χ4v) is 2.51. The molecule has 1 aromatic rings. The van der Waals surface area contributed by atoms with Gasteiger partial charge in [0.2, 0.25) is 10.0 Å². The van der Waals surface area contributed by atoms with Crippen molar-refractivity contribution in [3.8, 4) is 0 Å². The molecule has 0 radical (unpaired) electrons. The summed E-state index contributed by atoms with van der Waals surface area (Å²) in [6.45, 7) is 5.79. The first kappa shape index (κ1) is 13.8. The number of sulfonamides is 1. The number of rotatable bonds is 5. The molecule has 0 atom stereocenters. The maximum absolute atomic E-state index is 11.6. The van der Waals surface area contributed by atoms with Crippen molar-refractivity contribution < 1.29 is 8.42 Å². The number of nitrogens with one attached hydrogen (secondary N) is 1. The molecule has 0 aliphatic carbocycles. The number of anilines is 2. The fraction of sp³-hybridized carbons (Fsp3) is 0.455. The summed E-state index contributed by atoms with van der Waals surface area (Å²) < 4.78 is 25.5. The van der Waals surface area contributed by atoms with Gasteiger partial charge in [-0.3, -0.25) is 0 Å². The molecule has 0 unspecified atom stereocenters. The topological polar surface area (TPSA) is 75.4 Å². The fourth-order valence-electron chi connectivity index (χ4n) is 1.68. The first-order valence-corrected chi connectivity index (χ1v) is 7.02. The smallest absolute Gasteiger partial charge is 0.242 e. The van der Waals surface area contributed by atoms with E-state index in [1.807, 2.05) is 13.8 Å². The summed E-state index contributed by atoms with van der Waals surface area (Å²) in [4.78, 5) is 2.22. The van der Waals surface area contributed by atoms with Gasteiger partial charge in [-0.25, -0.2) is 13.1 Å². The van der Waals surface area contributed by atoms with Crippen LogP contribution >= 0.6 is 0 Å². The van der Waals surface area contributed by atoms with Crippen molar-refractivity contribution in [1.82, 2.24) is 4.72 Å². The van der Waals surface area contributed by atoms with Gasteiger partial charge in [-0.2, -0.15) is 0 Å². The molecule has 0 fully saturated rings. The molecule has 1 rings (SSSR count). The lowest BCUT2D eigenvalue weighted by molar-refractivity contribution is 0.588. The highest BCUT2D eigenvalue weighted by Crippen LogP contribution is 2.24. The standard InChI is InChI=1S/C11H19N3O2S/c1-4-14(5-2)9-6-7-11(10(12)8-9)17(15,16)13-3/h6-8,13H,4-5,12H2,1-3H3. The number of nitrogens with zero attached hydrogens (tertiary/aromatic N) is 1. The van der Waals surface area contributed by atoms with Crippen molar-refractivity contribution in [1.29, 1.82) is 0 Å². The molecule has 96 valence electrons. The summed E-state index contributed by atoms with van der Waals surface area (Å²) in [7, 11) is -2.11. The lowest BCUT2D eigenvalue weighted by Crippen LogP contribution is -2.23. The molecule has 0 aromatic heterocycles. The average molecular weight is 257 g/mol. The van der Waals surface area contributed by atoms with Crippen molar-refractivity contribution in [2.45, 2.75) is 18.7 Å². The molecule has 17 heavy (non-hydrogen) atoms. The molecular formula is C11H19N3O2S. The number of hydrogen-bond acceptors (Lipinski definition) is 4. The van der Waals surface area contributed by atoms with Crippen molar-refractivity contribution in [3.05, 3.63) is 18.2 Å². The summed E-state index contributed by atoms with van der Waals surface area (Å²) in [6.07, 6.45) is 0. The predicted octanol–water partition coefficient (Wildman–Crippen LogP) is 1.02. The second-order valence-electron chi connectivity index (χ2n) is 3.60. The molecule has 0 saturated carbocycles. The summed E-state index contributed by atoms with van der Waals surface area (Å²) in [5.74, 6) is 0. The molecule has 0 saturated heterocycles. The third kappa shape index (κ3) is 2.89. The van der Waals surface area contributed by atoms with E-state index in [1.165, 1.54) is 13.1 Å². The Kier molecular flexibility index (Phi) is 4.36. The monoisotopic (exact) mass is 257 g/mol. The van der Waals surface area contributed by atoms with Crippen LogP contribution in [0.5, 0.6) is 0 Å². The zero-order valence-corrected chi connectivity index (χ0v) is 11.2. The van der Waals surface area contributed by atoms with E-state index in [2.05, 4.69) is 9.62 Å². The van der Waals surface area contributed by atoms with Crippen molar-refractivity contribution in [2.24, 2.45) is 0 Å². The largest absolute Gasteiger partial charge is 0.398 e. The average Bonchev–Trinajstić information content (AvgIpc) is 2.30. The molecule has 0 amide bonds. The molecule has 6 heteroatoms. The molecule has 3 N–H and O–H groups in total. The van der Waals surface area contributed by atoms with E-state index in [0.717, 1.165) is 18.8 Å². The summed E-state index contributed by atoms with van der Waals surface area (Å²) in [6, 6.07) is 5.00. The van der Waals surface area contributed by atoms with Crippen LogP contribution in [0, 0.1) is 0 Å². The van der Waals surface area contributed by atoms with Crippen molar-refractivity contribution in [2.75, 3.05) is 30.8 Å². The number of nitrogens with two attached hydrogens (primary N) is 1. The molecule has 0 spiro atoms. The first-order chi connectivity index (χ1) is 7.96. The molecule has 5 nitrogen and oxygen atoms in total. The van der Waals surface area contributed by atoms with Gasteiger partial charge in [-0.05, 0) is 39.1 Å². The van der Waals surface area contributed by atoms with E-state index < -0.39 is 10.0 Å². The van der Waals surface area contributed by atoms with Gasteiger partial charge in [-0.1, -0.05) is 0 Å². The van der Waals surface area contributed by atoms with Gasteiger partial charge < -0.3 is 10.6 Å².